The van der Waals surface area contributed by atoms with Gasteiger partial charge in [-0.05, 0) is 43.7 Å². The Balaban J connectivity index is 1.35. The SMILES string of the molecule is O=C(c1cccc(F)c1)N1CCN(C(=O)c2ccn(C3CCCNC3)n2)CC1. The molecule has 148 valence electrons. The number of amides is 2. The minimum absolute atomic E-state index is 0.111. The summed E-state index contributed by atoms with van der Waals surface area (Å²) in [5, 5.41) is 7.83. The number of hydrogen-bond donors (Lipinski definition) is 1. The quantitative estimate of drug-likeness (QED) is 0.870. The molecule has 1 atom stereocenters. The number of benzene rings is 1. The minimum Gasteiger partial charge on any atom is -0.335 e. The van der Waals surface area contributed by atoms with Gasteiger partial charge in [0.15, 0.2) is 0 Å². The van der Waals surface area contributed by atoms with E-state index in [4.69, 9.17) is 0 Å². The van der Waals surface area contributed by atoms with Crippen LogP contribution in [0.25, 0.3) is 0 Å². The van der Waals surface area contributed by atoms with Crippen molar-refractivity contribution in [2.45, 2.75) is 18.9 Å². The molecule has 1 aromatic carbocycles. The number of rotatable bonds is 3. The topological polar surface area (TPSA) is 70.5 Å². The van der Waals surface area contributed by atoms with Crippen LogP contribution < -0.4 is 5.32 Å². The first-order valence-corrected chi connectivity index (χ1v) is 9.72. The smallest absolute Gasteiger partial charge is 0.274 e. The lowest BCUT2D eigenvalue weighted by atomic mass is 10.1. The maximum atomic E-state index is 13.4. The van der Waals surface area contributed by atoms with E-state index in [0.29, 0.717) is 37.4 Å². The van der Waals surface area contributed by atoms with Gasteiger partial charge in [-0.25, -0.2) is 4.39 Å². The molecule has 0 aliphatic carbocycles. The van der Waals surface area contributed by atoms with Crippen LogP contribution in [-0.2, 0) is 0 Å². The summed E-state index contributed by atoms with van der Waals surface area (Å²) in [5.74, 6) is -0.746. The van der Waals surface area contributed by atoms with E-state index in [0.717, 1.165) is 25.9 Å². The van der Waals surface area contributed by atoms with E-state index in [1.165, 1.54) is 18.2 Å². The van der Waals surface area contributed by atoms with Crippen molar-refractivity contribution in [2.75, 3.05) is 39.3 Å². The third-order valence-corrected chi connectivity index (χ3v) is 5.40. The Morgan fingerprint density at radius 3 is 2.50 bits per heavy atom. The Kier molecular flexibility index (Phi) is 5.38. The summed E-state index contributed by atoms with van der Waals surface area (Å²) in [4.78, 5) is 28.7. The van der Waals surface area contributed by atoms with Crippen molar-refractivity contribution in [3.8, 4) is 0 Å². The number of nitrogens with zero attached hydrogens (tertiary/aromatic N) is 4. The van der Waals surface area contributed by atoms with Gasteiger partial charge in [-0.15, -0.1) is 0 Å². The number of carbonyl (C=O) groups is 2. The third-order valence-electron chi connectivity index (χ3n) is 5.40. The zero-order valence-corrected chi connectivity index (χ0v) is 15.7. The van der Waals surface area contributed by atoms with Crippen LogP contribution in [0.1, 0.15) is 39.7 Å². The predicted octanol–water partition coefficient (Wildman–Crippen LogP) is 1.54. The fourth-order valence-electron chi connectivity index (χ4n) is 3.79. The highest BCUT2D eigenvalue weighted by molar-refractivity contribution is 5.95. The number of carbonyl (C=O) groups excluding carboxylic acids is 2. The summed E-state index contributed by atoms with van der Waals surface area (Å²) >= 11 is 0. The first-order chi connectivity index (χ1) is 13.6. The highest BCUT2D eigenvalue weighted by Gasteiger charge is 2.27. The molecule has 0 saturated carbocycles. The number of piperidine rings is 1. The van der Waals surface area contributed by atoms with Gasteiger partial charge in [0.2, 0.25) is 0 Å². The maximum Gasteiger partial charge on any atom is 0.274 e. The van der Waals surface area contributed by atoms with Crippen LogP contribution in [0.3, 0.4) is 0 Å². The Morgan fingerprint density at radius 1 is 1.07 bits per heavy atom. The number of hydrogen-bond acceptors (Lipinski definition) is 4. The highest BCUT2D eigenvalue weighted by atomic mass is 19.1. The summed E-state index contributed by atoms with van der Waals surface area (Å²) in [6, 6.07) is 7.75. The van der Waals surface area contributed by atoms with Crippen molar-refractivity contribution in [3.63, 3.8) is 0 Å². The molecule has 2 aliphatic rings. The second-order valence-corrected chi connectivity index (χ2v) is 7.28. The Morgan fingerprint density at radius 2 is 1.82 bits per heavy atom. The minimum atomic E-state index is -0.427. The van der Waals surface area contributed by atoms with Gasteiger partial charge in [0, 0.05) is 44.5 Å². The lowest BCUT2D eigenvalue weighted by Gasteiger charge is -2.34. The van der Waals surface area contributed by atoms with Crippen molar-refractivity contribution < 1.29 is 14.0 Å². The second kappa shape index (κ2) is 8.10. The van der Waals surface area contributed by atoms with Crippen molar-refractivity contribution in [1.82, 2.24) is 24.9 Å². The number of piperazine rings is 1. The second-order valence-electron chi connectivity index (χ2n) is 7.28. The fourth-order valence-corrected chi connectivity index (χ4v) is 3.79. The third kappa shape index (κ3) is 3.91. The van der Waals surface area contributed by atoms with Crippen LogP contribution in [0.15, 0.2) is 36.5 Å². The lowest BCUT2D eigenvalue weighted by Crippen LogP contribution is -2.50. The Bertz CT molecular complexity index is 854. The van der Waals surface area contributed by atoms with Crippen molar-refractivity contribution in [3.05, 3.63) is 53.6 Å². The van der Waals surface area contributed by atoms with E-state index < -0.39 is 5.82 Å². The van der Waals surface area contributed by atoms with Crippen LogP contribution in [0.4, 0.5) is 4.39 Å². The molecule has 0 spiro atoms. The molecule has 0 radical (unpaired) electrons. The average molecular weight is 385 g/mol. The summed E-state index contributed by atoms with van der Waals surface area (Å²) in [7, 11) is 0. The van der Waals surface area contributed by atoms with Gasteiger partial charge >= 0.3 is 0 Å². The predicted molar refractivity (Wildman–Crippen MR) is 102 cm³/mol. The van der Waals surface area contributed by atoms with Crippen LogP contribution in [0.2, 0.25) is 0 Å². The average Bonchev–Trinajstić information content (AvgIpc) is 3.24. The molecule has 2 saturated heterocycles. The molecule has 8 heteroatoms. The maximum absolute atomic E-state index is 13.4. The summed E-state index contributed by atoms with van der Waals surface area (Å²) in [6.45, 7) is 3.64. The fraction of sp³-hybridized carbons (Fsp3) is 0.450. The molecule has 0 bridgehead atoms. The van der Waals surface area contributed by atoms with E-state index in [1.807, 2.05) is 10.9 Å². The molecular weight excluding hydrogens is 361 g/mol. The van der Waals surface area contributed by atoms with Gasteiger partial charge in [0.25, 0.3) is 11.8 Å². The molecular formula is C20H24FN5O2. The molecule has 2 amide bonds. The number of halogens is 1. The molecule has 2 aromatic rings. The summed E-state index contributed by atoms with van der Waals surface area (Å²) < 4.78 is 15.2. The monoisotopic (exact) mass is 385 g/mol. The van der Waals surface area contributed by atoms with Crippen molar-refractivity contribution >= 4 is 11.8 Å². The number of aromatic nitrogens is 2. The van der Waals surface area contributed by atoms with Gasteiger partial charge in [-0.1, -0.05) is 6.07 Å². The summed E-state index contributed by atoms with van der Waals surface area (Å²) in [6.07, 6.45) is 4.03. The molecule has 2 fully saturated rings. The molecule has 1 N–H and O–H groups in total. The van der Waals surface area contributed by atoms with E-state index in [9.17, 15) is 14.0 Å². The molecule has 28 heavy (non-hydrogen) atoms. The normalized spacial score (nSPS) is 20.2. The van der Waals surface area contributed by atoms with E-state index in [1.54, 1.807) is 21.9 Å². The van der Waals surface area contributed by atoms with Crippen molar-refractivity contribution in [1.29, 1.82) is 0 Å². The first-order valence-electron chi connectivity index (χ1n) is 9.72. The van der Waals surface area contributed by atoms with Crippen LogP contribution >= 0.6 is 0 Å². The molecule has 1 aromatic heterocycles. The largest absolute Gasteiger partial charge is 0.335 e. The zero-order valence-electron chi connectivity index (χ0n) is 15.7. The zero-order chi connectivity index (χ0) is 19.5. The molecule has 4 rings (SSSR count). The summed E-state index contributed by atoms with van der Waals surface area (Å²) in [5.41, 5.74) is 0.773. The van der Waals surface area contributed by atoms with Crippen LogP contribution in [0.5, 0.6) is 0 Å². The molecule has 1 unspecified atom stereocenters. The highest BCUT2D eigenvalue weighted by Crippen LogP contribution is 2.17. The van der Waals surface area contributed by atoms with Gasteiger partial charge in [0.1, 0.15) is 11.5 Å². The van der Waals surface area contributed by atoms with E-state index in [-0.39, 0.29) is 17.9 Å². The van der Waals surface area contributed by atoms with E-state index in [2.05, 4.69) is 10.4 Å². The lowest BCUT2D eigenvalue weighted by molar-refractivity contribution is 0.0531. The van der Waals surface area contributed by atoms with Crippen LogP contribution in [0, 0.1) is 5.82 Å². The molecule has 3 heterocycles. The Hall–Kier alpha value is -2.74. The number of nitrogens with one attached hydrogen (secondary N) is 1. The van der Waals surface area contributed by atoms with Crippen LogP contribution in [-0.4, -0.2) is 70.7 Å². The molecule has 2 aliphatic heterocycles. The Labute approximate surface area is 163 Å². The molecule has 7 nitrogen and oxygen atoms in total. The standard InChI is InChI=1S/C20H24FN5O2/c21-16-4-1-3-15(13-16)19(27)24-9-11-25(12-10-24)20(28)18-6-8-26(23-18)17-5-2-7-22-14-17/h1,3-4,6,8,13,17,22H,2,5,7,9-12,14H2. The van der Waals surface area contributed by atoms with Gasteiger partial charge < -0.3 is 15.1 Å². The van der Waals surface area contributed by atoms with Gasteiger partial charge in [-0.3, -0.25) is 14.3 Å². The first kappa shape index (κ1) is 18.6. The van der Waals surface area contributed by atoms with Gasteiger partial charge in [0.05, 0.1) is 6.04 Å². The van der Waals surface area contributed by atoms with Crippen molar-refractivity contribution in [2.24, 2.45) is 0 Å². The van der Waals surface area contributed by atoms with E-state index >= 15 is 0 Å². The van der Waals surface area contributed by atoms with Gasteiger partial charge in [-0.2, -0.15) is 5.10 Å².